The molecule has 0 atom stereocenters. The highest BCUT2D eigenvalue weighted by Gasteiger charge is 2.06. The molecular formula is C13H17N3O. The van der Waals surface area contributed by atoms with E-state index in [1.54, 1.807) is 7.11 Å². The maximum absolute atomic E-state index is 5.52. The number of nitrogen functional groups attached to an aromatic ring is 1. The summed E-state index contributed by atoms with van der Waals surface area (Å²) in [5, 5.41) is 1.03. The Hall–Kier alpha value is -1.81. The highest BCUT2D eigenvalue weighted by atomic mass is 16.5. The third kappa shape index (κ3) is 2.31. The Labute approximate surface area is 101 Å². The van der Waals surface area contributed by atoms with E-state index in [1.165, 1.54) is 0 Å². The zero-order chi connectivity index (χ0) is 12.3. The average Bonchev–Trinajstić information content (AvgIpc) is 2.37. The summed E-state index contributed by atoms with van der Waals surface area (Å²) in [5.74, 6) is 6.35. The summed E-state index contributed by atoms with van der Waals surface area (Å²) in [5.41, 5.74) is 5.56. The van der Waals surface area contributed by atoms with Crippen LogP contribution in [0.1, 0.15) is 19.0 Å². The van der Waals surface area contributed by atoms with E-state index in [4.69, 9.17) is 10.6 Å². The summed E-state index contributed by atoms with van der Waals surface area (Å²) in [4.78, 5) is 4.61. The van der Waals surface area contributed by atoms with Gasteiger partial charge in [-0.1, -0.05) is 13.3 Å². The normalized spacial score (nSPS) is 10.5. The molecule has 4 nitrogen and oxygen atoms in total. The Bertz CT molecular complexity index is 525. The van der Waals surface area contributed by atoms with Gasteiger partial charge in [-0.15, -0.1) is 0 Å². The number of hydrazine groups is 1. The first-order chi connectivity index (χ1) is 8.28. The van der Waals surface area contributed by atoms with E-state index in [-0.39, 0.29) is 0 Å². The number of benzene rings is 1. The van der Waals surface area contributed by atoms with Crippen LogP contribution >= 0.6 is 0 Å². The summed E-state index contributed by atoms with van der Waals surface area (Å²) in [7, 11) is 1.65. The van der Waals surface area contributed by atoms with Crippen molar-refractivity contribution in [2.24, 2.45) is 5.84 Å². The lowest BCUT2D eigenvalue weighted by atomic mass is 10.1. The van der Waals surface area contributed by atoms with Crippen molar-refractivity contribution in [3.05, 3.63) is 30.0 Å². The second-order valence-corrected chi connectivity index (χ2v) is 3.94. The molecule has 0 saturated heterocycles. The van der Waals surface area contributed by atoms with Gasteiger partial charge in [-0.3, -0.25) is 10.8 Å². The van der Waals surface area contributed by atoms with Crippen molar-refractivity contribution < 1.29 is 4.74 Å². The molecule has 0 aliphatic carbocycles. The van der Waals surface area contributed by atoms with E-state index < -0.39 is 0 Å². The molecule has 1 heterocycles. The number of hydrogen-bond donors (Lipinski definition) is 2. The molecule has 1 aromatic heterocycles. The topological polar surface area (TPSA) is 60.2 Å². The van der Waals surface area contributed by atoms with Crippen molar-refractivity contribution in [3.63, 3.8) is 0 Å². The molecule has 0 unspecified atom stereocenters. The third-order valence-electron chi connectivity index (χ3n) is 2.74. The quantitative estimate of drug-likeness (QED) is 0.627. The van der Waals surface area contributed by atoms with Gasteiger partial charge in [-0.25, -0.2) is 0 Å². The van der Waals surface area contributed by atoms with Gasteiger partial charge < -0.3 is 10.2 Å². The van der Waals surface area contributed by atoms with Gasteiger partial charge in [0, 0.05) is 5.39 Å². The van der Waals surface area contributed by atoms with Crippen molar-refractivity contribution >= 4 is 16.6 Å². The lowest BCUT2D eigenvalue weighted by molar-refractivity contribution is 0.415. The van der Waals surface area contributed by atoms with Crippen LogP contribution in [-0.2, 0) is 6.42 Å². The Balaban J connectivity index is 2.56. The predicted octanol–water partition coefficient (Wildman–Crippen LogP) is 2.48. The molecule has 0 aliphatic heterocycles. The number of nitrogens with zero attached hydrogens (tertiary/aromatic N) is 1. The molecular weight excluding hydrogens is 214 g/mol. The maximum atomic E-state index is 5.52. The van der Waals surface area contributed by atoms with E-state index in [9.17, 15) is 0 Å². The van der Waals surface area contributed by atoms with Crippen LogP contribution in [0.4, 0.5) is 5.69 Å². The molecule has 90 valence electrons. The standard InChI is InChI=1S/C13H17N3O/c1-3-4-12-13(16-14)8-9-7-10(17-2)5-6-11(9)15-12/h5-8,16H,3-4,14H2,1-2H3. The number of aromatic nitrogens is 1. The van der Waals surface area contributed by atoms with E-state index >= 15 is 0 Å². The molecule has 3 N–H and O–H groups in total. The van der Waals surface area contributed by atoms with Crippen LogP contribution in [0, 0.1) is 0 Å². The van der Waals surface area contributed by atoms with Crippen LogP contribution in [-0.4, -0.2) is 12.1 Å². The smallest absolute Gasteiger partial charge is 0.119 e. The van der Waals surface area contributed by atoms with Crippen LogP contribution in [0.25, 0.3) is 10.9 Å². The van der Waals surface area contributed by atoms with Gasteiger partial charge >= 0.3 is 0 Å². The molecule has 0 bridgehead atoms. The molecule has 0 spiro atoms. The number of rotatable bonds is 4. The molecule has 2 rings (SSSR count). The zero-order valence-electron chi connectivity index (χ0n) is 10.2. The van der Waals surface area contributed by atoms with Crippen molar-refractivity contribution in [1.82, 2.24) is 4.98 Å². The SMILES string of the molecule is CCCc1nc2ccc(OC)cc2cc1NN. The van der Waals surface area contributed by atoms with Crippen LogP contribution in [0.15, 0.2) is 24.3 Å². The number of hydrogen-bond acceptors (Lipinski definition) is 4. The first kappa shape index (κ1) is 11.7. The van der Waals surface area contributed by atoms with Crippen molar-refractivity contribution in [2.75, 3.05) is 12.5 Å². The number of aryl methyl sites for hydroxylation is 1. The zero-order valence-corrected chi connectivity index (χ0v) is 10.2. The lowest BCUT2D eigenvalue weighted by Gasteiger charge is -2.10. The molecule has 0 amide bonds. The van der Waals surface area contributed by atoms with Gasteiger partial charge in [-0.05, 0) is 30.7 Å². The summed E-state index contributed by atoms with van der Waals surface area (Å²) in [6.07, 6.45) is 1.96. The number of methoxy groups -OCH3 is 1. The summed E-state index contributed by atoms with van der Waals surface area (Å²) in [6.45, 7) is 2.13. The van der Waals surface area contributed by atoms with Crippen LogP contribution in [0.5, 0.6) is 5.75 Å². The monoisotopic (exact) mass is 231 g/mol. The number of ether oxygens (including phenoxy) is 1. The van der Waals surface area contributed by atoms with Crippen molar-refractivity contribution in [3.8, 4) is 5.75 Å². The molecule has 0 saturated carbocycles. The third-order valence-corrected chi connectivity index (χ3v) is 2.74. The Morgan fingerprint density at radius 3 is 2.82 bits per heavy atom. The van der Waals surface area contributed by atoms with Crippen LogP contribution in [0.3, 0.4) is 0 Å². The number of nitrogens with one attached hydrogen (secondary N) is 1. The van der Waals surface area contributed by atoms with Gasteiger partial charge in [0.25, 0.3) is 0 Å². The maximum Gasteiger partial charge on any atom is 0.119 e. The van der Waals surface area contributed by atoms with Gasteiger partial charge in [0.2, 0.25) is 0 Å². The highest BCUT2D eigenvalue weighted by Crippen LogP contribution is 2.24. The van der Waals surface area contributed by atoms with E-state index in [0.29, 0.717) is 0 Å². The van der Waals surface area contributed by atoms with E-state index in [0.717, 1.165) is 40.9 Å². The second-order valence-electron chi connectivity index (χ2n) is 3.94. The van der Waals surface area contributed by atoms with Crippen molar-refractivity contribution in [1.29, 1.82) is 0 Å². The fourth-order valence-electron chi connectivity index (χ4n) is 1.87. The minimum Gasteiger partial charge on any atom is -0.497 e. The summed E-state index contributed by atoms with van der Waals surface area (Å²) in [6, 6.07) is 7.85. The highest BCUT2D eigenvalue weighted by molar-refractivity contribution is 5.84. The molecule has 0 radical (unpaired) electrons. The average molecular weight is 231 g/mol. The van der Waals surface area contributed by atoms with Crippen LogP contribution < -0.4 is 16.0 Å². The largest absolute Gasteiger partial charge is 0.497 e. The minimum atomic E-state index is 0.825. The second kappa shape index (κ2) is 5.01. The van der Waals surface area contributed by atoms with Crippen molar-refractivity contribution in [2.45, 2.75) is 19.8 Å². The molecule has 0 aliphatic rings. The Morgan fingerprint density at radius 1 is 1.35 bits per heavy atom. The van der Waals surface area contributed by atoms with Gasteiger partial charge in [0.15, 0.2) is 0 Å². The summed E-state index contributed by atoms with van der Waals surface area (Å²) < 4.78 is 5.19. The summed E-state index contributed by atoms with van der Waals surface area (Å²) >= 11 is 0. The fraction of sp³-hybridized carbons (Fsp3) is 0.308. The van der Waals surface area contributed by atoms with Gasteiger partial charge in [0.1, 0.15) is 5.75 Å². The Morgan fingerprint density at radius 2 is 2.18 bits per heavy atom. The molecule has 2 aromatic rings. The van der Waals surface area contributed by atoms with Gasteiger partial charge in [0.05, 0.1) is 24.0 Å². The van der Waals surface area contributed by atoms with E-state index in [2.05, 4.69) is 17.3 Å². The fourth-order valence-corrected chi connectivity index (χ4v) is 1.87. The lowest BCUT2D eigenvalue weighted by Crippen LogP contribution is -2.10. The van der Waals surface area contributed by atoms with Crippen LogP contribution in [0.2, 0.25) is 0 Å². The molecule has 1 aromatic carbocycles. The Kier molecular flexibility index (Phi) is 3.44. The number of anilines is 1. The molecule has 4 heteroatoms. The predicted molar refractivity (Wildman–Crippen MR) is 70.1 cm³/mol. The minimum absolute atomic E-state index is 0.825. The van der Waals surface area contributed by atoms with Gasteiger partial charge in [-0.2, -0.15) is 0 Å². The first-order valence-corrected chi connectivity index (χ1v) is 5.72. The molecule has 0 fully saturated rings. The molecule has 17 heavy (non-hydrogen) atoms. The number of pyridine rings is 1. The first-order valence-electron chi connectivity index (χ1n) is 5.72. The van der Waals surface area contributed by atoms with E-state index in [1.807, 2.05) is 24.3 Å². The number of fused-ring (bicyclic) bond motifs is 1. The number of nitrogens with two attached hydrogens (primary N) is 1.